The van der Waals surface area contributed by atoms with Gasteiger partial charge in [0.2, 0.25) is 11.8 Å². The minimum absolute atomic E-state index is 0.134. The lowest BCUT2D eigenvalue weighted by Gasteiger charge is -2.28. The van der Waals surface area contributed by atoms with Crippen molar-refractivity contribution in [3.8, 4) is 0 Å². The molecule has 0 aromatic heterocycles. The number of rotatable bonds is 6. The van der Waals surface area contributed by atoms with Crippen LogP contribution in [0.15, 0.2) is 46.9 Å². The summed E-state index contributed by atoms with van der Waals surface area (Å²) in [6.45, 7) is 2.05. The molecule has 2 rings (SSSR count). The van der Waals surface area contributed by atoms with Crippen LogP contribution in [0.25, 0.3) is 0 Å². The summed E-state index contributed by atoms with van der Waals surface area (Å²) in [4.78, 5) is 26.6. The number of nitrogens with one attached hydrogen (secondary N) is 1. The van der Waals surface area contributed by atoms with E-state index in [4.69, 9.17) is 23.2 Å². The van der Waals surface area contributed by atoms with E-state index < -0.39 is 6.04 Å². The summed E-state index contributed by atoms with van der Waals surface area (Å²) >= 11 is 15.4. The van der Waals surface area contributed by atoms with Crippen LogP contribution >= 0.6 is 39.1 Å². The van der Waals surface area contributed by atoms with Gasteiger partial charge in [-0.25, -0.2) is 0 Å². The Labute approximate surface area is 171 Å². The third-order valence-electron chi connectivity index (χ3n) is 4.02. The van der Waals surface area contributed by atoms with Crippen LogP contribution in [-0.4, -0.2) is 29.8 Å². The van der Waals surface area contributed by atoms with Gasteiger partial charge in [-0.3, -0.25) is 9.59 Å². The van der Waals surface area contributed by atoms with E-state index in [1.54, 1.807) is 37.1 Å². The fourth-order valence-electron chi connectivity index (χ4n) is 2.50. The van der Waals surface area contributed by atoms with Crippen molar-refractivity contribution >= 4 is 50.9 Å². The number of hydrogen-bond donors (Lipinski definition) is 1. The lowest BCUT2D eigenvalue weighted by molar-refractivity contribution is -0.139. The van der Waals surface area contributed by atoms with Crippen LogP contribution in [0.4, 0.5) is 0 Å². The van der Waals surface area contributed by atoms with Crippen LogP contribution < -0.4 is 5.32 Å². The second-order valence-corrected chi connectivity index (χ2v) is 7.59. The van der Waals surface area contributed by atoms with Gasteiger partial charge in [-0.05, 0) is 42.3 Å². The molecule has 0 aliphatic rings. The van der Waals surface area contributed by atoms with Crippen LogP contribution in [0.2, 0.25) is 10.0 Å². The second-order valence-electron chi connectivity index (χ2n) is 5.86. The van der Waals surface area contributed by atoms with Gasteiger partial charge in [0.15, 0.2) is 0 Å². The van der Waals surface area contributed by atoms with E-state index in [1.807, 2.05) is 24.3 Å². The molecule has 0 aliphatic heterocycles. The van der Waals surface area contributed by atoms with Crippen LogP contribution in [0, 0.1) is 0 Å². The first kappa shape index (κ1) is 20.7. The Hall–Kier alpha value is -1.56. The van der Waals surface area contributed by atoms with Crippen molar-refractivity contribution in [3.05, 3.63) is 68.1 Å². The molecule has 2 aromatic rings. The second kappa shape index (κ2) is 9.40. The van der Waals surface area contributed by atoms with Crippen molar-refractivity contribution < 1.29 is 9.59 Å². The highest BCUT2D eigenvalue weighted by Crippen LogP contribution is 2.23. The first-order valence-corrected chi connectivity index (χ1v) is 9.56. The van der Waals surface area contributed by atoms with Gasteiger partial charge in [0.25, 0.3) is 0 Å². The summed E-state index contributed by atoms with van der Waals surface area (Å²) in [5, 5.41) is 3.43. The molecule has 2 aromatic carbocycles. The van der Waals surface area contributed by atoms with Crippen LogP contribution in [-0.2, 0) is 22.6 Å². The van der Waals surface area contributed by atoms with Gasteiger partial charge in [0, 0.05) is 18.1 Å². The molecule has 0 spiro atoms. The third kappa shape index (κ3) is 5.47. The molecule has 1 atom stereocenters. The zero-order chi connectivity index (χ0) is 19.3. The molecule has 0 saturated heterocycles. The molecule has 0 bridgehead atoms. The molecule has 138 valence electrons. The van der Waals surface area contributed by atoms with Crippen molar-refractivity contribution in [1.29, 1.82) is 0 Å². The highest BCUT2D eigenvalue weighted by molar-refractivity contribution is 9.10. The van der Waals surface area contributed by atoms with E-state index in [2.05, 4.69) is 21.2 Å². The van der Waals surface area contributed by atoms with Gasteiger partial charge in [-0.2, -0.15) is 0 Å². The predicted octanol–water partition coefficient (Wildman–Crippen LogP) is 4.46. The monoisotopic (exact) mass is 456 g/mol. The minimum atomic E-state index is -0.598. The third-order valence-corrected chi connectivity index (χ3v) is 5.29. The number of benzene rings is 2. The van der Waals surface area contributed by atoms with Crippen molar-refractivity contribution in [3.63, 3.8) is 0 Å². The first-order valence-electron chi connectivity index (χ1n) is 8.01. The first-order chi connectivity index (χ1) is 12.3. The fraction of sp³-hybridized carbons (Fsp3) is 0.263. The zero-order valence-electron chi connectivity index (χ0n) is 14.4. The van der Waals surface area contributed by atoms with Gasteiger partial charge in [-0.15, -0.1) is 0 Å². The summed E-state index contributed by atoms with van der Waals surface area (Å²) in [7, 11) is 1.56. The van der Waals surface area contributed by atoms with Gasteiger partial charge in [0.1, 0.15) is 6.04 Å². The molecule has 0 fully saturated rings. The Bertz CT molecular complexity index is 797. The van der Waals surface area contributed by atoms with Crippen molar-refractivity contribution in [2.45, 2.75) is 25.9 Å². The highest BCUT2D eigenvalue weighted by atomic mass is 79.9. The van der Waals surface area contributed by atoms with E-state index in [9.17, 15) is 9.59 Å². The maximum Gasteiger partial charge on any atom is 0.242 e. The lowest BCUT2D eigenvalue weighted by atomic mass is 10.1. The molecule has 4 nitrogen and oxygen atoms in total. The molecular weight excluding hydrogens is 439 g/mol. The molecule has 0 heterocycles. The van der Waals surface area contributed by atoms with Crippen molar-refractivity contribution in [1.82, 2.24) is 10.2 Å². The number of nitrogens with zero attached hydrogens (tertiary/aromatic N) is 1. The largest absolute Gasteiger partial charge is 0.357 e. The Morgan fingerprint density at radius 1 is 1.08 bits per heavy atom. The Morgan fingerprint density at radius 2 is 1.69 bits per heavy atom. The van der Waals surface area contributed by atoms with Crippen LogP contribution in [0.5, 0.6) is 0 Å². The number of amides is 2. The fourth-order valence-corrected chi connectivity index (χ4v) is 3.09. The molecule has 0 radical (unpaired) electrons. The highest BCUT2D eigenvalue weighted by Gasteiger charge is 2.25. The molecule has 1 unspecified atom stereocenters. The molecule has 0 aliphatic carbocycles. The normalized spacial score (nSPS) is 11.7. The minimum Gasteiger partial charge on any atom is -0.357 e. The number of carbonyl (C=O) groups is 2. The van der Waals surface area contributed by atoms with Gasteiger partial charge in [-0.1, -0.05) is 57.3 Å². The van der Waals surface area contributed by atoms with E-state index in [0.29, 0.717) is 16.6 Å². The number of likely N-dealkylation sites (N-methyl/N-ethyl adjacent to an activating group) is 1. The van der Waals surface area contributed by atoms with Gasteiger partial charge < -0.3 is 10.2 Å². The lowest BCUT2D eigenvalue weighted by Crippen LogP contribution is -2.47. The molecule has 26 heavy (non-hydrogen) atoms. The van der Waals surface area contributed by atoms with E-state index >= 15 is 0 Å². The van der Waals surface area contributed by atoms with Gasteiger partial charge in [0.05, 0.1) is 16.5 Å². The molecule has 1 N–H and O–H groups in total. The Kier molecular flexibility index (Phi) is 7.50. The van der Waals surface area contributed by atoms with E-state index in [1.165, 1.54) is 0 Å². The molecule has 2 amide bonds. The van der Waals surface area contributed by atoms with E-state index in [-0.39, 0.29) is 18.2 Å². The summed E-state index contributed by atoms with van der Waals surface area (Å²) in [6, 6.07) is 12.1. The summed E-state index contributed by atoms with van der Waals surface area (Å²) in [6.07, 6.45) is 0.134. The predicted molar refractivity (Wildman–Crippen MR) is 108 cm³/mol. The summed E-state index contributed by atoms with van der Waals surface area (Å²) in [5.74, 6) is -0.382. The number of carbonyl (C=O) groups excluding carboxylic acids is 2. The quantitative estimate of drug-likeness (QED) is 0.695. The van der Waals surface area contributed by atoms with Crippen molar-refractivity contribution in [2.75, 3.05) is 7.05 Å². The Balaban J connectivity index is 2.23. The SMILES string of the molecule is CNC(=O)C(C)N(Cc1ccc(Br)cc1)C(=O)Cc1ccc(Cl)c(Cl)c1. The van der Waals surface area contributed by atoms with Gasteiger partial charge >= 0.3 is 0 Å². The molecule has 7 heteroatoms. The molecular formula is C19H19BrCl2N2O2. The molecule has 0 saturated carbocycles. The zero-order valence-corrected chi connectivity index (χ0v) is 17.5. The standard InChI is InChI=1S/C19H19BrCl2N2O2/c1-12(19(26)23-2)24(11-13-3-6-15(20)7-4-13)18(25)10-14-5-8-16(21)17(22)9-14/h3-9,12H,10-11H2,1-2H3,(H,23,26). The van der Waals surface area contributed by atoms with Crippen molar-refractivity contribution in [2.24, 2.45) is 0 Å². The average Bonchev–Trinajstić information content (AvgIpc) is 2.63. The number of hydrogen-bond acceptors (Lipinski definition) is 2. The maximum atomic E-state index is 12.9. The van der Waals surface area contributed by atoms with E-state index in [0.717, 1.165) is 15.6 Å². The number of halogens is 3. The van der Waals surface area contributed by atoms with Crippen LogP contribution in [0.1, 0.15) is 18.1 Å². The topological polar surface area (TPSA) is 49.4 Å². The Morgan fingerprint density at radius 3 is 2.27 bits per heavy atom. The smallest absolute Gasteiger partial charge is 0.242 e. The maximum absolute atomic E-state index is 12.9. The average molecular weight is 458 g/mol. The summed E-state index contributed by atoms with van der Waals surface area (Å²) < 4.78 is 0.953. The summed E-state index contributed by atoms with van der Waals surface area (Å²) in [5.41, 5.74) is 1.68. The van der Waals surface area contributed by atoms with Crippen LogP contribution in [0.3, 0.4) is 0 Å².